The largest absolute Gasteiger partial charge is 0.448 e. The van der Waals surface area contributed by atoms with Crippen molar-refractivity contribution in [1.29, 1.82) is 0 Å². The predicted octanol–water partition coefficient (Wildman–Crippen LogP) is 11.0. The summed E-state index contributed by atoms with van der Waals surface area (Å²) in [5, 5.41) is 16.0. The molecule has 6 rings (SSSR count). The maximum Gasteiger partial charge on any atom is 0.411 e. The molecule has 0 aliphatic rings. The van der Waals surface area contributed by atoms with Crippen molar-refractivity contribution in [2.75, 3.05) is 51.7 Å². The van der Waals surface area contributed by atoms with Gasteiger partial charge in [0.1, 0.15) is 37.3 Å². The Morgan fingerprint density at radius 1 is 0.449 bits per heavy atom. The number of rotatable bonds is 13. The van der Waals surface area contributed by atoms with Crippen molar-refractivity contribution in [3.63, 3.8) is 0 Å². The van der Waals surface area contributed by atoms with E-state index in [9.17, 15) is 28.8 Å². The summed E-state index contributed by atoms with van der Waals surface area (Å²) in [7, 11) is 0. The van der Waals surface area contributed by atoms with Crippen LogP contribution in [-0.4, -0.2) is 84.8 Å². The maximum atomic E-state index is 13.2. The van der Waals surface area contributed by atoms with Crippen LogP contribution >= 0.6 is 0 Å². The van der Waals surface area contributed by atoms with E-state index in [2.05, 4.69) is 46.9 Å². The summed E-state index contributed by atoms with van der Waals surface area (Å²) in [5.74, 6) is 1.46. The van der Waals surface area contributed by atoms with Gasteiger partial charge in [0.05, 0.1) is 5.41 Å². The lowest BCUT2D eigenvalue weighted by Crippen LogP contribution is -2.40. The molecule has 69 heavy (non-hydrogen) atoms. The highest BCUT2D eigenvalue weighted by Crippen LogP contribution is 2.26. The number of carbonyl (C=O) groups is 6. The van der Waals surface area contributed by atoms with Gasteiger partial charge in [-0.3, -0.25) is 29.7 Å². The summed E-state index contributed by atoms with van der Waals surface area (Å²) in [6.45, 7) is 17.6. The van der Waals surface area contributed by atoms with E-state index in [-0.39, 0.29) is 26.2 Å². The van der Waals surface area contributed by atoms with Crippen molar-refractivity contribution in [2.45, 2.75) is 75.7 Å². The van der Waals surface area contributed by atoms with Crippen LogP contribution in [0.25, 0.3) is 0 Å². The Morgan fingerprint density at radius 2 is 0.696 bits per heavy atom. The van der Waals surface area contributed by atoms with Gasteiger partial charge in [0, 0.05) is 71.3 Å². The molecule has 6 N–H and O–H groups in total. The van der Waals surface area contributed by atoms with Crippen molar-refractivity contribution < 1.29 is 43.0 Å². The van der Waals surface area contributed by atoms with Crippen LogP contribution in [0, 0.1) is 26.2 Å². The Morgan fingerprint density at radius 3 is 0.913 bits per heavy atom. The third-order valence-corrected chi connectivity index (χ3v) is 9.49. The second-order valence-electron chi connectivity index (χ2n) is 14.0. The molecule has 0 aliphatic heterocycles. The van der Waals surface area contributed by atoms with Crippen molar-refractivity contribution in [1.82, 2.24) is 28.7 Å². The number of benzene rings is 3. The Balaban J connectivity index is 0.00000202. The molecule has 0 saturated carbocycles. The summed E-state index contributed by atoms with van der Waals surface area (Å²) in [6.07, 6.45) is 6.57. The monoisotopic (exact) mass is 950 g/mol. The quantitative estimate of drug-likeness (QED) is 0.0591. The zero-order valence-electron chi connectivity index (χ0n) is 40.6. The second-order valence-corrected chi connectivity index (χ2v) is 14.0. The van der Waals surface area contributed by atoms with E-state index in [1.165, 1.54) is 69.1 Å². The summed E-state index contributed by atoms with van der Waals surface area (Å²) in [5.41, 5.74) is 0.781. The zero-order valence-corrected chi connectivity index (χ0v) is 40.6. The van der Waals surface area contributed by atoms with Crippen molar-refractivity contribution in [3.05, 3.63) is 127 Å². The molecular weight excluding hydrogens is 889 g/mol. The molecule has 0 spiro atoms. The van der Waals surface area contributed by atoms with E-state index in [4.69, 9.17) is 14.2 Å². The normalized spacial score (nSPS) is 10.2. The first kappa shape index (κ1) is 54.8. The highest BCUT2D eigenvalue weighted by atomic mass is 16.6. The Labute approximate surface area is 401 Å². The first-order valence-electron chi connectivity index (χ1n) is 22.4. The molecule has 3 aromatic heterocycles. The van der Waals surface area contributed by atoms with Crippen LogP contribution in [0.3, 0.4) is 0 Å². The van der Waals surface area contributed by atoms with Crippen LogP contribution in [0.2, 0.25) is 0 Å². The van der Waals surface area contributed by atoms with Gasteiger partial charge in [-0.05, 0) is 81.8 Å². The molecule has 0 radical (unpaired) electrons. The molecule has 0 unspecified atom stereocenters. The third-order valence-electron chi connectivity index (χ3n) is 9.49. The standard InChI is InChI=1S/C42H44N12O9.3C2H6/c1-5-42(24-61-39(58)49-33-12-6-9-30(21-33)46-36(55)52-18-15-43-27(52)2,25-62-40(59)50-34-13-7-10-31(22-34)47-37(56)53-19-16-44-28(53)3)26-63-41(60)51-35-14-8-11-32(23-35)48-38(57)54-20-17-45-29(54)4;3*1-2/h6-23H,5,24-26H2,1-4H3,(H,46,55)(H,47,56)(H,48,57)(H,49,58)(H,50,59)(H,51,60);3*1-2H3. The third kappa shape index (κ3) is 16.7. The topological polar surface area (TPSA) is 256 Å². The summed E-state index contributed by atoms with van der Waals surface area (Å²) >= 11 is 0. The van der Waals surface area contributed by atoms with Gasteiger partial charge >= 0.3 is 36.4 Å². The number of amides is 6. The number of anilines is 6. The fourth-order valence-electron chi connectivity index (χ4n) is 5.90. The van der Waals surface area contributed by atoms with Gasteiger partial charge in [-0.2, -0.15) is 0 Å². The highest BCUT2D eigenvalue weighted by molar-refractivity contribution is 5.95. The smallest absolute Gasteiger partial charge is 0.411 e. The Bertz CT molecular complexity index is 2340. The first-order valence-corrected chi connectivity index (χ1v) is 22.4. The van der Waals surface area contributed by atoms with Gasteiger partial charge in [0.2, 0.25) is 0 Å². The number of imidazole rings is 3. The van der Waals surface area contributed by atoms with Crippen LogP contribution in [0.5, 0.6) is 0 Å². The summed E-state index contributed by atoms with van der Waals surface area (Å²) < 4.78 is 20.8. The number of hydrogen-bond acceptors (Lipinski definition) is 12. The molecule has 6 amide bonds. The molecule has 3 aromatic carbocycles. The SMILES string of the molecule is CC.CC.CC.CCC(COC(=O)Nc1cccc(NC(=O)n2ccnc2C)c1)(COC(=O)Nc1cccc(NC(=O)n2ccnc2C)c1)COC(=O)Nc1cccc(NC(=O)n2ccnc2C)c1. The Hall–Kier alpha value is -8.49. The molecule has 0 saturated heterocycles. The van der Waals surface area contributed by atoms with Gasteiger partial charge in [0.25, 0.3) is 0 Å². The molecule has 0 aliphatic carbocycles. The molecule has 6 aromatic rings. The molecule has 0 bridgehead atoms. The second kappa shape index (κ2) is 27.9. The van der Waals surface area contributed by atoms with Crippen LogP contribution < -0.4 is 31.9 Å². The average Bonchev–Trinajstić information content (AvgIpc) is 4.12. The van der Waals surface area contributed by atoms with Crippen LogP contribution in [0.4, 0.5) is 62.9 Å². The number of hydrogen-bond donors (Lipinski definition) is 6. The minimum absolute atomic E-state index is 0.195. The predicted molar refractivity (Wildman–Crippen MR) is 265 cm³/mol. The van der Waals surface area contributed by atoms with E-state index >= 15 is 0 Å². The van der Waals surface area contributed by atoms with E-state index in [1.807, 2.05) is 41.5 Å². The number of nitrogens with one attached hydrogen (secondary N) is 6. The molecule has 368 valence electrons. The van der Waals surface area contributed by atoms with Gasteiger partial charge in [0.15, 0.2) is 0 Å². The molecule has 0 fully saturated rings. The number of ether oxygens (including phenoxy) is 3. The molecule has 21 heteroatoms. The minimum Gasteiger partial charge on any atom is -0.448 e. The van der Waals surface area contributed by atoms with Crippen molar-refractivity contribution in [3.8, 4) is 0 Å². The number of carbonyl (C=O) groups excluding carboxylic acids is 6. The number of aryl methyl sites for hydroxylation is 3. The van der Waals surface area contributed by atoms with Gasteiger partial charge < -0.3 is 30.2 Å². The lowest BCUT2D eigenvalue weighted by Gasteiger charge is -2.31. The van der Waals surface area contributed by atoms with Crippen molar-refractivity contribution in [2.24, 2.45) is 5.41 Å². The van der Waals surface area contributed by atoms with Gasteiger partial charge in [-0.1, -0.05) is 66.7 Å². The lowest BCUT2D eigenvalue weighted by molar-refractivity contribution is -0.0104. The van der Waals surface area contributed by atoms with E-state index in [0.29, 0.717) is 51.6 Å². The summed E-state index contributed by atoms with van der Waals surface area (Å²) in [4.78, 5) is 89.7. The average molecular weight is 951 g/mol. The molecular formula is C48H62N12O9. The van der Waals surface area contributed by atoms with E-state index in [1.54, 1.807) is 82.3 Å². The first-order chi connectivity index (χ1) is 33.3. The molecule has 21 nitrogen and oxygen atoms in total. The van der Waals surface area contributed by atoms with Gasteiger partial charge in [-0.25, -0.2) is 43.7 Å². The zero-order chi connectivity index (χ0) is 50.9. The summed E-state index contributed by atoms with van der Waals surface area (Å²) in [6, 6.07) is 17.8. The minimum atomic E-state index is -1.26. The van der Waals surface area contributed by atoms with E-state index in [0.717, 1.165) is 0 Å². The Kier molecular flexibility index (Phi) is 22.1. The molecule has 0 atom stereocenters. The van der Waals surface area contributed by atoms with Gasteiger partial charge in [-0.15, -0.1) is 0 Å². The highest BCUT2D eigenvalue weighted by Gasteiger charge is 2.35. The fourth-order valence-corrected chi connectivity index (χ4v) is 5.90. The lowest BCUT2D eigenvalue weighted by atomic mass is 9.88. The fraction of sp³-hybridized carbons (Fsp3) is 0.312. The molecule has 3 heterocycles. The van der Waals surface area contributed by atoms with Crippen LogP contribution in [-0.2, 0) is 14.2 Å². The van der Waals surface area contributed by atoms with Crippen LogP contribution in [0.1, 0.15) is 72.4 Å². The van der Waals surface area contributed by atoms with Crippen molar-refractivity contribution >= 4 is 70.5 Å². The maximum absolute atomic E-state index is 13.2. The van der Waals surface area contributed by atoms with Crippen LogP contribution in [0.15, 0.2) is 110 Å². The number of aromatic nitrogens is 6. The van der Waals surface area contributed by atoms with E-state index < -0.39 is 41.8 Å². The number of nitrogens with zero attached hydrogens (tertiary/aromatic N) is 6.